The Labute approximate surface area is 218 Å². The highest BCUT2D eigenvalue weighted by Crippen LogP contribution is 2.44. The highest BCUT2D eigenvalue weighted by atomic mass is 32.2. The van der Waals surface area contributed by atoms with E-state index in [0.29, 0.717) is 17.9 Å². The van der Waals surface area contributed by atoms with Crippen molar-refractivity contribution in [2.45, 2.75) is 44.6 Å². The molecule has 2 aliphatic rings. The molecule has 0 fully saturated rings. The van der Waals surface area contributed by atoms with Gasteiger partial charge in [-0.1, -0.05) is 24.6 Å². The van der Waals surface area contributed by atoms with Crippen LogP contribution in [0.4, 0.5) is 0 Å². The van der Waals surface area contributed by atoms with Gasteiger partial charge >= 0.3 is 10.1 Å². The van der Waals surface area contributed by atoms with Gasteiger partial charge in [-0.25, -0.2) is 0 Å². The summed E-state index contributed by atoms with van der Waals surface area (Å²) in [6.45, 7) is 8.68. The summed E-state index contributed by atoms with van der Waals surface area (Å²) in [7, 11) is -4.06. The molecule has 0 saturated heterocycles. The van der Waals surface area contributed by atoms with Crippen LogP contribution in [0.15, 0.2) is 65.6 Å². The van der Waals surface area contributed by atoms with Crippen LogP contribution < -0.4 is 18.4 Å². The van der Waals surface area contributed by atoms with Crippen LogP contribution in [0, 0.1) is 6.92 Å². The van der Waals surface area contributed by atoms with Gasteiger partial charge in [-0.05, 0) is 81.8 Å². The fourth-order valence-electron chi connectivity index (χ4n) is 4.27. The maximum Gasteiger partial charge on any atom is 0.339 e. The normalized spacial score (nSPS) is 15.5. The zero-order chi connectivity index (χ0) is 26.2. The Morgan fingerprint density at radius 3 is 2.57 bits per heavy atom. The summed E-state index contributed by atoms with van der Waals surface area (Å²) in [6, 6.07) is 15.7. The molecule has 0 bridgehead atoms. The molecule has 0 radical (unpaired) electrons. The van der Waals surface area contributed by atoms with Gasteiger partial charge in [0.15, 0.2) is 5.75 Å². The molecule has 0 amide bonds. The van der Waals surface area contributed by atoms with Crippen molar-refractivity contribution in [1.82, 2.24) is 0 Å². The van der Waals surface area contributed by atoms with E-state index in [0.717, 1.165) is 40.2 Å². The maximum absolute atomic E-state index is 13.1. The lowest BCUT2D eigenvalue weighted by Gasteiger charge is -2.30. The zero-order valence-electron chi connectivity index (χ0n) is 21.4. The molecule has 3 aromatic carbocycles. The van der Waals surface area contributed by atoms with Crippen molar-refractivity contribution in [3.05, 3.63) is 82.9 Å². The summed E-state index contributed by atoms with van der Waals surface area (Å²) in [5.74, 6) is 2.24. The fourth-order valence-corrected chi connectivity index (χ4v) is 5.21. The second-order valence-corrected chi connectivity index (χ2v) is 11.3. The van der Waals surface area contributed by atoms with E-state index >= 15 is 0 Å². The number of ether oxygens (including phenoxy) is 3. The molecular formula is C30H30O6S. The average molecular weight is 519 g/mol. The van der Waals surface area contributed by atoms with Crippen molar-refractivity contribution in [3.63, 3.8) is 0 Å². The smallest absolute Gasteiger partial charge is 0.339 e. The first-order valence-corrected chi connectivity index (χ1v) is 13.7. The van der Waals surface area contributed by atoms with E-state index in [9.17, 15) is 8.42 Å². The molecule has 5 rings (SSSR count). The van der Waals surface area contributed by atoms with Gasteiger partial charge in [-0.2, -0.15) is 8.42 Å². The predicted molar refractivity (Wildman–Crippen MR) is 145 cm³/mol. The minimum Gasteiger partial charge on any atom is -0.493 e. The molecule has 0 atom stereocenters. The number of benzene rings is 3. The third-order valence-corrected chi connectivity index (χ3v) is 7.44. The molecule has 2 heterocycles. The van der Waals surface area contributed by atoms with Crippen LogP contribution in [0.5, 0.6) is 23.0 Å². The Morgan fingerprint density at radius 1 is 1.03 bits per heavy atom. The second kappa shape index (κ2) is 9.63. The van der Waals surface area contributed by atoms with Crippen LogP contribution in [0.25, 0.3) is 17.7 Å². The van der Waals surface area contributed by atoms with Gasteiger partial charge in [0.05, 0.1) is 12.2 Å². The molecule has 0 aliphatic carbocycles. The number of rotatable bonds is 7. The van der Waals surface area contributed by atoms with Crippen molar-refractivity contribution >= 4 is 27.8 Å². The Bertz CT molecular complexity index is 1500. The molecule has 2 aliphatic heterocycles. The topological polar surface area (TPSA) is 71.1 Å². The minimum absolute atomic E-state index is 0.0875. The Hall–Kier alpha value is -3.71. The summed E-state index contributed by atoms with van der Waals surface area (Å²) in [6.07, 6.45) is 6.86. The highest BCUT2D eigenvalue weighted by Gasteiger charge is 2.28. The molecule has 7 heteroatoms. The Kier molecular flexibility index (Phi) is 6.50. The van der Waals surface area contributed by atoms with E-state index in [1.54, 1.807) is 30.3 Å². The number of fused-ring (bicyclic) bond motifs is 3. The van der Waals surface area contributed by atoms with E-state index in [1.807, 2.05) is 70.2 Å². The largest absolute Gasteiger partial charge is 0.493 e. The zero-order valence-corrected chi connectivity index (χ0v) is 22.2. The Balaban J connectivity index is 1.54. The first-order chi connectivity index (χ1) is 17.6. The SMILES string of the molecule is CCCOc1ccc(C2=Cc3ccc4c(c3OC2)C=CC(C)(C)O4)c(OS(=O)(=O)c2ccc(C)cc2)c1. The summed E-state index contributed by atoms with van der Waals surface area (Å²) in [4.78, 5) is 0.0875. The van der Waals surface area contributed by atoms with Crippen LogP contribution >= 0.6 is 0 Å². The monoisotopic (exact) mass is 518 g/mol. The molecule has 0 aromatic heterocycles. The molecule has 3 aromatic rings. The second-order valence-electron chi connectivity index (χ2n) is 9.75. The minimum atomic E-state index is -4.06. The average Bonchev–Trinajstić information content (AvgIpc) is 2.86. The number of aryl methyl sites for hydroxylation is 1. The first-order valence-electron chi connectivity index (χ1n) is 12.3. The lowest BCUT2D eigenvalue weighted by molar-refractivity contribution is 0.158. The third kappa shape index (κ3) is 5.23. The maximum atomic E-state index is 13.1. The van der Waals surface area contributed by atoms with Crippen molar-refractivity contribution in [3.8, 4) is 23.0 Å². The van der Waals surface area contributed by atoms with Crippen molar-refractivity contribution in [1.29, 1.82) is 0 Å². The van der Waals surface area contributed by atoms with Crippen LogP contribution in [0.3, 0.4) is 0 Å². The van der Waals surface area contributed by atoms with Gasteiger partial charge in [0, 0.05) is 22.8 Å². The summed E-state index contributed by atoms with van der Waals surface area (Å²) >= 11 is 0. The molecule has 0 N–H and O–H groups in total. The molecule has 192 valence electrons. The van der Waals surface area contributed by atoms with E-state index in [2.05, 4.69) is 0 Å². The Morgan fingerprint density at radius 2 is 1.81 bits per heavy atom. The van der Waals surface area contributed by atoms with Gasteiger partial charge in [-0.3, -0.25) is 0 Å². The quantitative estimate of drug-likeness (QED) is 0.325. The van der Waals surface area contributed by atoms with E-state index in [4.69, 9.17) is 18.4 Å². The standard InChI is InChI=1S/C30H30O6S/c1-5-16-33-23-9-12-25(28(18-23)36-37(31,32)24-10-6-20(2)7-11-24)22-17-21-8-13-27-26(29(21)34-19-22)14-15-30(3,4)35-27/h6-15,17-18H,5,16,19H2,1-4H3. The lowest BCUT2D eigenvalue weighted by atomic mass is 9.95. The van der Waals surface area contributed by atoms with Crippen LogP contribution in [-0.4, -0.2) is 27.2 Å². The third-order valence-electron chi connectivity index (χ3n) is 6.19. The van der Waals surface area contributed by atoms with Gasteiger partial charge in [0.2, 0.25) is 0 Å². The molecular weight excluding hydrogens is 488 g/mol. The highest BCUT2D eigenvalue weighted by molar-refractivity contribution is 7.87. The fraction of sp³-hybridized carbons (Fsp3) is 0.267. The molecule has 0 saturated carbocycles. The van der Waals surface area contributed by atoms with Gasteiger partial charge in [0.25, 0.3) is 0 Å². The van der Waals surface area contributed by atoms with E-state index in [1.165, 1.54) is 0 Å². The first kappa shape index (κ1) is 25.0. The molecule has 0 spiro atoms. The number of hydrogen-bond donors (Lipinski definition) is 0. The van der Waals surface area contributed by atoms with Crippen LogP contribution in [0.1, 0.15) is 49.4 Å². The van der Waals surface area contributed by atoms with Crippen molar-refractivity contribution < 1.29 is 26.8 Å². The van der Waals surface area contributed by atoms with Crippen LogP contribution in [-0.2, 0) is 10.1 Å². The number of hydrogen-bond acceptors (Lipinski definition) is 6. The van der Waals surface area contributed by atoms with Crippen LogP contribution in [0.2, 0.25) is 0 Å². The molecule has 37 heavy (non-hydrogen) atoms. The summed E-state index contributed by atoms with van der Waals surface area (Å²) in [5, 5.41) is 0. The van der Waals surface area contributed by atoms with Gasteiger partial charge < -0.3 is 18.4 Å². The van der Waals surface area contributed by atoms with Gasteiger partial charge in [0.1, 0.15) is 34.4 Å². The van der Waals surface area contributed by atoms with E-state index < -0.39 is 10.1 Å². The molecule has 6 nitrogen and oxygen atoms in total. The molecule has 0 unspecified atom stereocenters. The van der Waals surface area contributed by atoms with Gasteiger partial charge in [-0.15, -0.1) is 0 Å². The van der Waals surface area contributed by atoms with Crippen molar-refractivity contribution in [2.24, 2.45) is 0 Å². The van der Waals surface area contributed by atoms with Crippen molar-refractivity contribution in [2.75, 3.05) is 13.2 Å². The summed E-state index contributed by atoms with van der Waals surface area (Å²) < 4.78 is 50.0. The summed E-state index contributed by atoms with van der Waals surface area (Å²) in [5.41, 5.74) is 3.78. The lowest BCUT2D eigenvalue weighted by Crippen LogP contribution is -2.27. The predicted octanol–water partition coefficient (Wildman–Crippen LogP) is 6.67. The van der Waals surface area contributed by atoms with E-state index in [-0.39, 0.29) is 22.9 Å².